The van der Waals surface area contributed by atoms with Gasteiger partial charge in [0.15, 0.2) is 6.29 Å². The summed E-state index contributed by atoms with van der Waals surface area (Å²) in [4.78, 5) is 9.91. The van der Waals surface area contributed by atoms with Gasteiger partial charge < -0.3 is 0 Å². The SMILES string of the molecule is CCCCCCCCCCCCC#CC=O. The summed E-state index contributed by atoms with van der Waals surface area (Å²) in [6.07, 6.45) is 15.0. The van der Waals surface area contributed by atoms with Gasteiger partial charge in [-0.2, -0.15) is 0 Å². The fraction of sp³-hybridized carbons (Fsp3) is 0.800. The first kappa shape index (κ1) is 15.2. The van der Waals surface area contributed by atoms with Gasteiger partial charge in [0.25, 0.3) is 0 Å². The Morgan fingerprint density at radius 3 is 1.81 bits per heavy atom. The van der Waals surface area contributed by atoms with Gasteiger partial charge in [-0.1, -0.05) is 70.6 Å². The second-order valence-corrected chi connectivity index (χ2v) is 4.37. The van der Waals surface area contributed by atoms with Crippen molar-refractivity contribution >= 4 is 6.29 Å². The van der Waals surface area contributed by atoms with Crippen molar-refractivity contribution in [3.05, 3.63) is 0 Å². The molecule has 0 atom stereocenters. The van der Waals surface area contributed by atoms with Gasteiger partial charge in [0, 0.05) is 6.42 Å². The lowest BCUT2D eigenvalue weighted by Crippen LogP contribution is -1.81. The minimum atomic E-state index is 0.677. The topological polar surface area (TPSA) is 17.1 Å². The van der Waals surface area contributed by atoms with Gasteiger partial charge in [0.1, 0.15) is 0 Å². The van der Waals surface area contributed by atoms with E-state index in [2.05, 4.69) is 18.8 Å². The molecule has 92 valence electrons. The third-order valence-corrected chi connectivity index (χ3v) is 2.82. The molecule has 0 aromatic carbocycles. The van der Waals surface area contributed by atoms with Crippen molar-refractivity contribution in [1.29, 1.82) is 0 Å². The number of rotatable bonds is 10. The Morgan fingerprint density at radius 2 is 1.31 bits per heavy atom. The fourth-order valence-corrected chi connectivity index (χ4v) is 1.81. The Bertz CT molecular complexity index is 197. The number of carbonyl (C=O) groups excluding carboxylic acids is 1. The van der Waals surface area contributed by atoms with Gasteiger partial charge in [-0.05, 0) is 12.3 Å². The molecule has 0 heterocycles. The van der Waals surface area contributed by atoms with E-state index in [0.717, 1.165) is 12.8 Å². The van der Waals surface area contributed by atoms with Crippen molar-refractivity contribution in [2.24, 2.45) is 0 Å². The molecule has 0 spiro atoms. The monoisotopic (exact) mass is 222 g/mol. The highest BCUT2D eigenvalue weighted by Gasteiger charge is 1.91. The predicted octanol–water partition coefficient (Wildman–Crippen LogP) is 4.50. The second kappa shape index (κ2) is 14.2. The second-order valence-electron chi connectivity index (χ2n) is 4.37. The first-order valence-electron chi connectivity index (χ1n) is 6.84. The lowest BCUT2D eigenvalue weighted by molar-refractivity contribution is -0.103. The summed E-state index contributed by atoms with van der Waals surface area (Å²) >= 11 is 0. The minimum Gasteiger partial charge on any atom is -0.289 e. The molecule has 0 aromatic rings. The average molecular weight is 222 g/mol. The Hall–Kier alpha value is -0.770. The largest absolute Gasteiger partial charge is 0.289 e. The van der Waals surface area contributed by atoms with E-state index in [1.165, 1.54) is 57.8 Å². The Labute approximate surface area is 101 Å². The zero-order valence-electron chi connectivity index (χ0n) is 10.8. The number of hydrogen-bond acceptors (Lipinski definition) is 1. The lowest BCUT2D eigenvalue weighted by atomic mass is 10.1. The van der Waals surface area contributed by atoms with Gasteiger partial charge in [-0.15, -0.1) is 0 Å². The van der Waals surface area contributed by atoms with Gasteiger partial charge in [0.2, 0.25) is 0 Å². The maximum Gasteiger partial charge on any atom is 0.192 e. The van der Waals surface area contributed by atoms with Crippen LogP contribution in [0.5, 0.6) is 0 Å². The average Bonchev–Trinajstić information content (AvgIpc) is 2.31. The molecule has 0 rings (SSSR count). The van der Waals surface area contributed by atoms with Crippen LogP contribution >= 0.6 is 0 Å². The molecular weight excluding hydrogens is 196 g/mol. The van der Waals surface area contributed by atoms with Crippen LogP contribution in [-0.2, 0) is 4.79 Å². The first-order valence-corrected chi connectivity index (χ1v) is 6.84. The number of hydrogen-bond donors (Lipinski definition) is 0. The molecular formula is C15H26O. The standard InChI is InChI=1S/C15H26O/c1-2-3-4-5-6-7-8-9-10-11-12-13-14-15-16/h15H,2-12H2,1H3. The predicted molar refractivity (Wildman–Crippen MR) is 70.3 cm³/mol. The highest BCUT2D eigenvalue weighted by Crippen LogP contribution is 2.10. The van der Waals surface area contributed by atoms with Gasteiger partial charge in [0.05, 0.1) is 0 Å². The summed E-state index contributed by atoms with van der Waals surface area (Å²) in [6, 6.07) is 0. The van der Waals surface area contributed by atoms with Crippen LogP contribution in [0.3, 0.4) is 0 Å². The highest BCUT2D eigenvalue weighted by atomic mass is 16.1. The van der Waals surface area contributed by atoms with E-state index in [4.69, 9.17) is 0 Å². The summed E-state index contributed by atoms with van der Waals surface area (Å²) < 4.78 is 0. The van der Waals surface area contributed by atoms with Crippen LogP contribution in [0, 0.1) is 11.8 Å². The van der Waals surface area contributed by atoms with E-state index in [1.54, 1.807) is 0 Å². The molecule has 0 aromatic heterocycles. The summed E-state index contributed by atoms with van der Waals surface area (Å²) in [5.41, 5.74) is 0. The van der Waals surface area contributed by atoms with E-state index in [-0.39, 0.29) is 0 Å². The molecule has 1 nitrogen and oxygen atoms in total. The van der Waals surface area contributed by atoms with Crippen molar-refractivity contribution in [2.45, 2.75) is 77.6 Å². The number of unbranched alkanes of at least 4 members (excludes halogenated alkanes) is 10. The molecule has 0 saturated carbocycles. The number of aldehydes is 1. The van der Waals surface area contributed by atoms with E-state index in [9.17, 15) is 4.79 Å². The van der Waals surface area contributed by atoms with Crippen molar-refractivity contribution in [3.63, 3.8) is 0 Å². The van der Waals surface area contributed by atoms with Crippen molar-refractivity contribution in [1.82, 2.24) is 0 Å². The molecule has 0 unspecified atom stereocenters. The molecule has 0 fully saturated rings. The van der Waals surface area contributed by atoms with Crippen molar-refractivity contribution in [3.8, 4) is 11.8 Å². The zero-order chi connectivity index (χ0) is 11.9. The van der Waals surface area contributed by atoms with E-state index < -0.39 is 0 Å². The molecule has 0 aliphatic carbocycles. The van der Waals surface area contributed by atoms with E-state index in [0.29, 0.717) is 6.29 Å². The molecule has 0 radical (unpaired) electrons. The zero-order valence-corrected chi connectivity index (χ0v) is 10.8. The molecule has 0 N–H and O–H groups in total. The fourth-order valence-electron chi connectivity index (χ4n) is 1.81. The van der Waals surface area contributed by atoms with Crippen LogP contribution in [0.25, 0.3) is 0 Å². The van der Waals surface area contributed by atoms with Gasteiger partial charge >= 0.3 is 0 Å². The van der Waals surface area contributed by atoms with Crippen LogP contribution in [0.1, 0.15) is 77.6 Å². The normalized spacial score (nSPS) is 9.56. The third kappa shape index (κ3) is 13.2. The highest BCUT2D eigenvalue weighted by molar-refractivity contribution is 5.72. The van der Waals surface area contributed by atoms with Crippen LogP contribution in [-0.4, -0.2) is 6.29 Å². The Balaban J connectivity index is 2.96. The molecule has 0 bridgehead atoms. The van der Waals surface area contributed by atoms with Crippen molar-refractivity contribution < 1.29 is 4.79 Å². The van der Waals surface area contributed by atoms with Crippen LogP contribution < -0.4 is 0 Å². The van der Waals surface area contributed by atoms with E-state index in [1.807, 2.05) is 0 Å². The molecule has 0 saturated heterocycles. The Kier molecular flexibility index (Phi) is 13.5. The van der Waals surface area contributed by atoms with Crippen molar-refractivity contribution in [2.75, 3.05) is 0 Å². The number of carbonyl (C=O) groups is 1. The van der Waals surface area contributed by atoms with E-state index >= 15 is 0 Å². The smallest absolute Gasteiger partial charge is 0.192 e. The quantitative estimate of drug-likeness (QED) is 0.302. The van der Waals surface area contributed by atoms with Crippen LogP contribution in [0.15, 0.2) is 0 Å². The molecule has 1 heteroatoms. The summed E-state index contributed by atoms with van der Waals surface area (Å²) in [5, 5.41) is 0. The van der Waals surface area contributed by atoms with Gasteiger partial charge in [-0.25, -0.2) is 0 Å². The first-order chi connectivity index (χ1) is 7.91. The minimum absolute atomic E-state index is 0.677. The maximum absolute atomic E-state index is 9.91. The van der Waals surface area contributed by atoms with Gasteiger partial charge in [-0.3, -0.25) is 4.79 Å². The molecule has 0 aliphatic rings. The summed E-state index contributed by atoms with van der Waals surface area (Å²) in [5.74, 6) is 5.29. The Morgan fingerprint density at radius 1 is 0.812 bits per heavy atom. The van der Waals surface area contributed by atoms with Crippen LogP contribution in [0.2, 0.25) is 0 Å². The maximum atomic E-state index is 9.91. The lowest BCUT2D eigenvalue weighted by Gasteiger charge is -2.00. The summed E-state index contributed by atoms with van der Waals surface area (Å²) in [7, 11) is 0. The molecule has 0 aliphatic heterocycles. The molecule has 0 amide bonds. The summed E-state index contributed by atoms with van der Waals surface area (Å²) in [6.45, 7) is 2.26. The van der Waals surface area contributed by atoms with Crippen LogP contribution in [0.4, 0.5) is 0 Å². The third-order valence-electron chi connectivity index (χ3n) is 2.82. The molecule has 16 heavy (non-hydrogen) atoms.